The summed E-state index contributed by atoms with van der Waals surface area (Å²) in [5.74, 6) is -6.15. The number of nitro benzene ring substituents is 2. The molecule has 2 amide bonds. The van der Waals surface area contributed by atoms with Gasteiger partial charge in [-0.15, -0.1) is 0 Å². The van der Waals surface area contributed by atoms with Crippen molar-refractivity contribution in [2.75, 3.05) is 31.0 Å². The van der Waals surface area contributed by atoms with Gasteiger partial charge in [-0.1, -0.05) is 11.6 Å². The largest absolute Gasteiger partial charge is 0.503 e. The van der Waals surface area contributed by atoms with Crippen molar-refractivity contribution in [3.05, 3.63) is 86.3 Å². The maximum absolute atomic E-state index is 14.3. The third-order valence-electron chi connectivity index (χ3n) is 9.19. The van der Waals surface area contributed by atoms with Gasteiger partial charge in [-0.2, -0.15) is 0 Å². The molecule has 0 unspecified atom stereocenters. The number of hydrogen-bond acceptors (Lipinski definition) is 11. The minimum atomic E-state index is -1.06. The second kappa shape index (κ2) is 12.0. The number of carbonyl (C=O) groups is 4. The number of hydrogen-bond donors (Lipinski definition) is 1. The fourth-order valence-corrected chi connectivity index (χ4v) is 8.65. The summed E-state index contributed by atoms with van der Waals surface area (Å²) in [7, 11) is 4.15. The topological polar surface area (TPSA) is 190 Å². The first kappa shape index (κ1) is 33.7. The summed E-state index contributed by atoms with van der Waals surface area (Å²) in [5.41, 5.74) is -0.570. The van der Waals surface area contributed by atoms with E-state index < -0.39 is 68.3 Å². The molecule has 1 saturated heterocycles. The number of halogens is 3. The highest BCUT2D eigenvalue weighted by Gasteiger charge is 2.57. The van der Waals surface area contributed by atoms with Crippen molar-refractivity contribution in [1.82, 2.24) is 0 Å². The molecule has 17 heteroatoms. The van der Waals surface area contributed by atoms with Crippen LogP contribution in [-0.2, 0) is 19.2 Å². The van der Waals surface area contributed by atoms with Crippen LogP contribution in [0.4, 0.5) is 22.7 Å². The van der Waals surface area contributed by atoms with Crippen molar-refractivity contribution in [2.45, 2.75) is 18.8 Å². The van der Waals surface area contributed by atoms with Gasteiger partial charge in [0.05, 0.1) is 43.4 Å². The quantitative estimate of drug-likeness (QED) is 0.122. The number of Topliss-reactive ketones (excluding diaryl/α,β-unsaturated/α-hetero) is 1. The summed E-state index contributed by atoms with van der Waals surface area (Å²) in [6.45, 7) is 0. The Hall–Kier alpha value is -4.22. The molecule has 0 radical (unpaired) electrons. The zero-order valence-electron chi connectivity index (χ0n) is 25.2. The van der Waals surface area contributed by atoms with Crippen LogP contribution in [-0.4, -0.2) is 59.5 Å². The van der Waals surface area contributed by atoms with Gasteiger partial charge in [0.2, 0.25) is 11.8 Å². The van der Waals surface area contributed by atoms with Gasteiger partial charge in [0.1, 0.15) is 0 Å². The average Bonchev–Trinajstić information content (AvgIpc) is 3.30. The number of fused-ring (bicyclic) bond motifs is 3. The number of phenolic OH excluding ortho intramolecular Hbond substituents is 1. The maximum Gasteiger partial charge on any atom is 0.301 e. The second-order valence-corrected chi connectivity index (χ2v) is 14.2. The van der Waals surface area contributed by atoms with Crippen LogP contribution >= 0.6 is 47.8 Å². The number of imide groups is 1. The van der Waals surface area contributed by atoms with Crippen LogP contribution in [0.25, 0.3) is 0 Å². The van der Waals surface area contributed by atoms with Gasteiger partial charge in [0.15, 0.2) is 28.8 Å². The first-order valence-electron chi connectivity index (χ1n) is 14.3. The minimum absolute atomic E-state index is 0.0318. The number of ketones is 2. The smallest absolute Gasteiger partial charge is 0.301 e. The number of anilines is 2. The summed E-state index contributed by atoms with van der Waals surface area (Å²) in [5, 5.41) is 34.7. The van der Waals surface area contributed by atoms with Crippen LogP contribution in [0.15, 0.2) is 60.5 Å². The highest BCUT2D eigenvalue weighted by molar-refractivity contribution is 9.13. The Morgan fingerprint density at radius 2 is 1.58 bits per heavy atom. The van der Waals surface area contributed by atoms with E-state index in [9.17, 15) is 44.5 Å². The molecule has 0 aromatic heterocycles. The highest BCUT2D eigenvalue weighted by Crippen LogP contribution is 2.58. The van der Waals surface area contributed by atoms with Gasteiger partial charge < -0.3 is 14.7 Å². The monoisotopic (exact) mass is 848 g/mol. The molecule has 2 aromatic rings. The molecular formula is C31H23Br3N4O10. The maximum atomic E-state index is 14.3. The molecule has 14 nitrogen and oxygen atoms in total. The lowest BCUT2D eigenvalue weighted by atomic mass is 9.59. The van der Waals surface area contributed by atoms with E-state index in [2.05, 4.69) is 47.8 Å². The highest BCUT2D eigenvalue weighted by atomic mass is 79.9. The number of nitrogens with zero attached hydrogens (tertiary/aromatic N) is 4. The van der Waals surface area contributed by atoms with Crippen LogP contribution in [0.1, 0.15) is 24.3 Å². The van der Waals surface area contributed by atoms with Crippen molar-refractivity contribution < 1.29 is 38.9 Å². The van der Waals surface area contributed by atoms with Crippen LogP contribution < -0.4 is 14.5 Å². The molecule has 0 spiro atoms. The molecule has 6 rings (SSSR count). The Balaban J connectivity index is 1.52. The summed E-state index contributed by atoms with van der Waals surface area (Å²) in [4.78, 5) is 79.8. The Bertz CT molecular complexity index is 1990. The number of methoxy groups -OCH3 is 1. The van der Waals surface area contributed by atoms with E-state index in [4.69, 9.17) is 4.74 Å². The molecule has 3 aliphatic carbocycles. The fraction of sp³-hybridized carbons (Fsp3) is 0.290. The minimum Gasteiger partial charge on any atom is -0.503 e. The van der Waals surface area contributed by atoms with Crippen molar-refractivity contribution in [2.24, 2.45) is 17.8 Å². The number of aromatic hydroxyl groups is 1. The van der Waals surface area contributed by atoms with Crippen LogP contribution in [0.2, 0.25) is 0 Å². The first-order valence-corrected chi connectivity index (χ1v) is 16.6. The van der Waals surface area contributed by atoms with Gasteiger partial charge in [-0.05, 0) is 78.2 Å². The molecule has 248 valence electrons. The number of carbonyl (C=O) groups excluding carboxylic acids is 4. The average molecular weight is 851 g/mol. The van der Waals surface area contributed by atoms with Gasteiger partial charge in [0.25, 0.3) is 0 Å². The standard InChI is InChI=1S/C31H23Br3N4O10/c1-35(2)27-18(37(44)45)6-11(7-19(27)38(46)47)36-30(42)13-5-4-12-14(23(13)31(36)43)8-16-24(20(39)10-17(32)28(16)40)22(12)15-9-21(48-3)29(41)26(34)25(15)33/h4,6-7,9-10,13-14,22-23,41H,5,8H2,1-3H3/t13-,14+,22+,23-/m0/s1. The molecule has 0 saturated carbocycles. The normalized spacial score (nSPS) is 23.3. The van der Waals surface area contributed by atoms with Crippen LogP contribution in [0.3, 0.4) is 0 Å². The van der Waals surface area contributed by atoms with E-state index in [1.807, 2.05) is 0 Å². The molecule has 1 N–H and O–H groups in total. The first-order chi connectivity index (χ1) is 22.6. The lowest BCUT2D eigenvalue weighted by Crippen LogP contribution is -2.39. The number of allylic oxidation sites excluding steroid dienone is 6. The van der Waals surface area contributed by atoms with E-state index in [0.717, 1.165) is 17.0 Å². The molecule has 1 fully saturated rings. The number of benzene rings is 2. The summed E-state index contributed by atoms with van der Waals surface area (Å²) < 4.78 is 6.00. The third-order valence-corrected chi connectivity index (χ3v) is 11.9. The fourth-order valence-electron chi connectivity index (χ4n) is 7.25. The van der Waals surface area contributed by atoms with Crippen molar-refractivity contribution >= 4 is 93.9 Å². The van der Waals surface area contributed by atoms with Crippen LogP contribution in [0.5, 0.6) is 11.5 Å². The van der Waals surface area contributed by atoms with E-state index in [1.165, 1.54) is 38.2 Å². The Kier molecular flexibility index (Phi) is 8.44. The summed E-state index contributed by atoms with van der Waals surface area (Å²) in [6, 6.07) is 3.46. The molecule has 48 heavy (non-hydrogen) atoms. The molecular weight excluding hydrogens is 828 g/mol. The predicted octanol–water partition coefficient (Wildman–Crippen LogP) is 5.77. The van der Waals surface area contributed by atoms with Gasteiger partial charge in [-0.3, -0.25) is 39.4 Å². The van der Waals surface area contributed by atoms with Gasteiger partial charge >= 0.3 is 11.4 Å². The van der Waals surface area contributed by atoms with Crippen molar-refractivity contribution in [1.29, 1.82) is 0 Å². The predicted molar refractivity (Wildman–Crippen MR) is 181 cm³/mol. The zero-order valence-corrected chi connectivity index (χ0v) is 29.9. The number of ether oxygens (including phenoxy) is 1. The lowest BCUT2D eigenvalue weighted by molar-refractivity contribution is -0.392. The second-order valence-electron chi connectivity index (χ2n) is 11.8. The van der Waals surface area contributed by atoms with E-state index in [1.54, 1.807) is 6.08 Å². The lowest BCUT2D eigenvalue weighted by Gasteiger charge is -2.42. The van der Waals surface area contributed by atoms with E-state index in [0.29, 0.717) is 15.6 Å². The number of nitro groups is 2. The van der Waals surface area contributed by atoms with E-state index >= 15 is 0 Å². The summed E-state index contributed by atoms with van der Waals surface area (Å²) >= 11 is 10.0. The molecule has 4 atom stereocenters. The van der Waals surface area contributed by atoms with Crippen molar-refractivity contribution in [3.8, 4) is 11.5 Å². The number of amides is 2. The molecule has 1 heterocycles. The number of rotatable bonds is 6. The Morgan fingerprint density at radius 3 is 2.15 bits per heavy atom. The molecule has 1 aliphatic heterocycles. The summed E-state index contributed by atoms with van der Waals surface area (Å²) in [6.07, 6.45) is 2.93. The van der Waals surface area contributed by atoms with Gasteiger partial charge in [-0.25, -0.2) is 4.90 Å². The molecule has 2 aromatic carbocycles. The van der Waals surface area contributed by atoms with Crippen LogP contribution in [0, 0.1) is 38.0 Å². The molecule has 4 aliphatic rings. The zero-order chi connectivity index (χ0) is 35.1. The third kappa shape index (κ3) is 4.92. The Labute approximate surface area is 296 Å². The van der Waals surface area contributed by atoms with E-state index in [-0.39, 0.29) is 55.8 Å². The van der Waals surface area contributed by atoms with Gasteiger partial charge in [0, 0.05) is 53.8 Å². The Morgan fingerprint density at radius 1 is 0.958 bits per heavy atom. The van der Waals surface area contributed by atoms with Crippen molar-refractivity contribution in [3.63, 3.8) is 0 Å². The number of phenols is 1. The molecule has 0 bridgehead atoms. The SMILES string of the molecule is COc1cc([C@H]2C3=CC[C@@H]4C(=O)N(c5cc([N+](=O)[O-])c(N(C)C)c([N+](=O)[O-])c5)C(=O)[C@@H]4[C@@H]3CC3=C2C(=O)C=C(Br)C3=O)c(Br)c(Br)c1O.